The highest BCUT2D eigenvalue weighted by molar-refractivity contribution is 7.59. The molecule has 1 aliphatic rings. The minimum atomic E-state index is -5.12. The zero-order valence-corrected chi connectivity index (χ0v) is 18.9. The van der Waals surface area contributed by atoms with Crippen LogP contribution in [0, 0.1) is 0 Å². The molecule has 3 heterocycles. The van der Waals surface area contributed by atoms with Gasteiger partial charge in [-0.2, -0.15) is 39.8 Å². The van der Waals surface area contributed by atoms with E-state index in [4.69, 9.17) is 16.4 Å². The molecule has 0 spiro atoms. The standard InChI is InChI=1S/C21H12ClF6N3O3.H2S/c22-13-6-11(5-12(7-13)20(23,24)25)19(21(26,27)28)8-14(30-34-19)1-2-15-3-4-16(18(32)33)17-9-29-10-31(15)17;/h1-7,9-10H,8H2,(H,32,33);1H2/b2-1+;. The number of hydrogen-bond acceptors (Lipinski definition) is 4. The second-order valence-corrected chi connectivity index (χ2v) is 7.80. The van der Waals surface area contributed by atoms with Gasteiger partial charge in [0.1, 0.15) is 0 Å². The molecule has 0 amide bonds. The SMILES string of the molecule is O=C(O)c1ccc(/C=C/C2=NOC(c3cc(Cl)cc(C(F)(F)F)c3)(C(F)(F)F)C2)n2cncc12.S. The summed E-state index contributed by atoms with van der Waals surface area (Å²) in [6, 6.07) is 4.32. The molecule has 0 aliphatic carbocycles. The number of aromatic nitrogens is 2. The highest BCUT2D eigenvalue weighted by Crippen LogP contribution is 2.49. The summed E-state index contributed by atoms with van der Waals surface area (Å²) in [4.78, 5) is 19.9. The number of hydrogen-bond donors (Lipinski definition) is 1. The van der Waals surface area contributed by atoms with E-state index in [0.717, 1.165) is 6.07 Å². The lowest BCUT2D eigenvalue weighted by molar-refractivity contribution is -0.276. The molecular formula is C21H14ClF6N3O3S. The van der Waals surface area contributed by atoms with Crippen LogP contribution >= 0.6 is 25.1 Å². The fourth-order valence-electron chi connectivity index (χ4n) is 3.54. The van der Waals surface area contributed by atoms with Gasteiger partial charge in [-0.3, -0.25) is 4.40 Å². The highest BCUT2D eigenvalue weighted by Gasteiger charge is 2.62. The Labute approximate surface area is 204 Å². The molecule has 35 heavy (non-hydrogen) atoms. The Morgan fingerprint density at radius 3 is 2.49 bits per heavy atom. The van der Waals surface area contributed by atoms with Crippen LogP contribution in [-0.4, -0.2) is 32.3 Å². The number of imidazole rings is 1. The fourth-order valence-corrected chi connectivity index (χ4v) is 3.77. The fraction of sp³-hybridized carbons (Fsp3) is 0.190. The summed E-state index contributed by atoms with van der Waals surface area (Å²) < 4.78 is 83.1. The van der Waals surface area contributed by atoms with Gasteiger partial charge < -0.3 is 9.94 Å². The maximum atomic E-state index is 14.1. The van der Waals surface area contributed by atoms with Crippen LogP contribution < -0.4 is 0 Å². The normalized spacial score (nSPS) is 18.4. The van der Waals surface area contributed by atoms with Crippen LogP contribution in [0.25, 0.3) is 11.6 Å². The van der Waals surface area contributed by atoms with Crippen LogP contribution in [0.1, 0.15) is 33.6 Å². The van der Waals surface area contributed by atoms with E-state index < -0.39 is 46.5 Å². The van der Waals surface area contributed by atoms with Crippen molar-refractivity contribution in [3.05, 3.63) is 76.3 Å². The summed E-state index contributed by atoms with van der Waals surface area (Å²) in [6.07, 6.45) is -5.79. The first-order chi connectivity index (χ1) is 15.8. The Bertz CT molecular complexity index is 1350. The lowest BCUT2D eigenvalue weighted by atomic mass is 9.87. The molecule has 2 aromatic heterocycles. The first kappa shape index (κ1) is 26.4. The zero-order chi connectivity index (χ0) is 24.9. The van der Waals surface area contributed by atoms with E-state index in [1.165, 1.54) is 41.2 Å². The lowest BCUT2D eigenvalue weighted by Crippen LogP contribution is -2.42. The van der Waals surface area contributed by atoms with E-state index in [1.807, 2.05) is 0 Å². The van der Waals surface area contributed by atoms with Gasteiger partial charge in [-0.15, -0.1) is 0 Å². The predicted molar refractivity (Wildman–Crippen MR) is 119 cm³/mol. The smallest absolute Gasteiger partial charge is 0.435 e. The molecule has 4 rings (SSSR count). The molecule has 1 aliphatic heterocycles. The molecule has 0 saturated heterocycles. The first-order valence-electron chi connectivity index (χ1n) is 9.38. The molecule has 6 nitrogen and oxygen atoms in total. The number of carboxylic acid groups (broad SMARTS) is 1. The molecule has 1 unspecified atom stereocenters. The summed E-state index contributed by atoms with van der Waals surface area (Å²) in [5, 5.41) is 12.2. The van der Waals surface area contributed by atoms with Gasteiger partial charge in [0.2, 0.25) is 0 Å². The molecule has 0 saturated carbocycles. The molecule has 3 aromatic rings. The Morgan fingerprint density at radius 1 is 1.14 bits per heavy atom. The third-order valence-electron chi connectivity index (χ3n) is 5.19. The first-order valence-corrected chi connectivity index (χ1v) is 9.76. The lowest BCUT2D eigenvalue weighted by Gasteiger charge is -2.30. The number of halogens is 7. The summed E-state index contributed by atoms with van der Waals surface area (Å²) >= 11 is 5.68. The van der Waals surface area contributed by atoms with Gasteiger partial charge in [-0.25, -0.2) is 9.78 Å². The number of carboxylic acids is 1. The largest absolute Gasteiger partial charge is 0.478 e. The van der Waals surface area contributed by atoms with Crippen molar-refractivity contribution < 1.29 is 41.1 Å². The summed E-state index contributed by atoms with van der Waals surface area (Å²) in [5.41, 5.74) is -4.98. The topological polar surface area (TPSA) is 76.2 Å². The Kier molecular flexibility index (Phi) is 6.88. The van der Waals surface area contributed by atoms with Gasteiger partial charge in [0, 0.05) is 22.7 Å². The van der Waals surface area contributed by atoms with Crippen molar-refractivity contribution in [2.24, 2.45) is 5.16 Å². The van der Waals surface area contributed by atoms with E-state index in [0.29, 0.717) is 17.8 Å². The molecule has 14 heteroatoms. The molecule has 1 atom stereocenters. The molecular weight excluding hydrogens is 524 g/mol. The number of aromatic carboxylic acids is 1. The minimum absolute atomic E-state index is 0. The number of allylic oxidation sites excluding steroid dienone is 1. The number of benzene rings is 1. The van der Waals surface area contributed by atoms with Crippen molar-refractivity contribution in [3.8, 4) is 0 Å². The monoisotopic (exact) mass is 537 g/mol. The van der Waals surface area contributed by atoms with E-state index >= 15 is 0 Å². The minimum Gasteiger partial charge on any atom is -0.478 e. The van der Waals surface area contributed by atoms with Gasteiger partial charge in [0.15, 0.2) is 0 Å². The van der Waals surface area contributed by atoms with Crippen molar-refractivity contribution in [2.45, 2.75) is 24.4 Å². The van der Waals surface area contributed by atoms with Crippen LogP contribution in [0.5, 0.6) is 0 Å². The number of fused-ring (bicyclic) bond motifs is 1. The Balaban J connectivity index is 0.00000342. The number of alkyl halides is 6. The van der Waals surface area contributed by atoms with Gasteiger partial charge in [-0.1, -0.05) is 16.8 Å². The third-order valence-corrected chi connectivity index (χ3v) is 5.41. The molecule has 186 valence electrons. The van der Waals surface area contributed by atoms with Crippen LogP contribution in [-0.2, 0) is 16.6 Å². The van der Waals surface area contributed by atoms with E-state index in [9.17, 15) is 36.2 Å². The van der Waals surface area contributed by atoms with Crippen molar-refractivity contribution in [1.82, 2.24) is 9.38 Å². The van der Waals surface area contributed by atoms with Crippen LogP contribution in [0.3, 0.4) is 0 Å². The quantitative estimate of drug-likeness (QED) is 0.410. The Hall–Kier alpha value is -3.19. The molecule has 1 N–H and O–H groups in total. The molecule has 1 aromatic carbocycles. The average molecular weight is 538 g/mol. The third kappa shape index (κ3) is 4.82. The number of carbonyl (C=O) groups is 1. The molecule has 0 radical (unpaired) electrons. The van der Waals surface area contributed by atoms with Gasteiger partial charge in [-0.05, 0) is 42.5 Å². The second kappa shape index (κ2) is 9.11. The van der Waals surface area contributed by atoms with Crippen LogP contribution in [0.2, 0.25) is 5.02 Å². The number of oxime groups is 1. The van der Waals surface area contributed by atoms with Crippen LogP contribution in [0.4, 0.5) is 26.3 Å². The van der Waals surface area contributed by atoms with Gasteiger partial charge in [0.25, 0.3) is 5.60 Å². The average Bonchev–Trinajstić information content (AvgIpc) is 3.38. The van der Waals surface area contributed by atoms with Crippen LogP contribution in [0.15, 0.2) is 54.1 Å². The van der Waals surface area contributed by atoms with Gasteiger partial charge >= 0.3 is 18.3 Å². The number of pyridine rings is 1. The summed E-state index contributed by atoms with van der Waals surface area (Å²) in [7, 11) is 0. The molecule has 0 fully saturated rings. The zero-order valence-electron chi connectivity index (χ0n) is 17.2. The highest BCUT2D eigenvalue weighted by atomic mass is 35.5. The maximum Gasteiger partial charge on any atom is 0.435 e. The molecule has 0 bridgehead atoms. The van der Waals surface area contributed by atoms with E-state index in [-0.39, 0.29) is 30.3 Å². The number of rotatable bonds is 4. The predicted octanol–water partition coefficient (Wildman–Crippen LogP) is 6.06. The van der Waals surface area contributed by atoms with E-state index in [1.54, 1.807) is 0 Å². The van der Waals surface area contributed by atoms with Crippen molar-refractivity contribution in [2.75, 3.05) is 0 Å². The maximum absolute atomic E-state index is 14.1. The van der Waals surface area contributed by atoms with Crippen molar-refractivity contribution in [3.63, 3.8) is 0 Å². The Morgan fingerprint density at radius 2 is 1.86 bits per heavy atom. The van der Waals surface area contributed by atoms with E-state index in [2.05, 4.69) is 10.1 Å². The van der Waals surface area contributed by atoms with Crippen molar-refractivity contribution >= 4 is 48.4 Å². The van der Waals surface area contributed by atoms with Crippen molar-refractivity contribution in [1.29, 1.82) is 0 Å². The summed E-state index contributed by atoms with van der Waals surface area (Å²) in [5.74, 6) is -1.19. The second-order valence-electron chi connectivity index (χ2n) is 7.36. The van der Waals surface area contributed by atoms with Gasteiger partial charge in [0.05, 0.1) is 34.9 Å². The number of nitrogens with zero attached hydrogens (tertiary/aromatic N) is 3. The summed E-state index contributed by atoms with van der Waals surface area (Å²) in [6.45, 7) is 0.